The number of carbonyl (C=O) groups is 2. The van der Waals surface area contributed by atoms with E-state index < -0.39 is 5.97 Å². The maximum Gasteiger partial charge on any atom is 0.335 e. The van der Waals surface area contributed by atoms with E-state index in [1.807, 2.05) is 12.1 Å². The molecule has 1 amide bonds. The van der Waals surface area contributed by atoms with E-state index in [0.29, 0.717) is 18.2 Å². The average molecular weight is 344 g/mol. The maximum absolute atomic E-state index is 12.5. The predicted molar refractivity (Wildman–Crippen MR) is 96.7 cm³/mol. The fourth-order valence-electron chi connectivity index (χ4n) is 4.11. The van der Waals surface area contributed by atoms with Crippen LogP contribution in [0.5, 0.6) is 0 Å². The lowest BCUT2D eigenvalue weighted by Gasteiger charge is -2.36. The molecule has 5 heteroatoms. The van der Waals surface area contributed by atoms with Crippen LogP contribution in [0, 0.1) is 5.92 Å². The minimum atomic E-state index is -0.913. The molecule has 0 unspecified atom stereocenters. The van der Waals surface area contributed by atoms with Crippen LogP contribution in [0.1, 0.15) is 54.4 Å². The molecule has 25 heavy (non-hydrogen) atoms. The number of rotatable bonds is 6. The number of likely N-dealkylation sites (tertiary alicyclic amines) is 1. The van der Waals surface area contributed by atoms with Crippen molar-refractivity contribution in [1.82, 2.24) is 10.2 Å². The van der Waals surface area contributed by atoms with Crippen LogP contribution in [0.2, 0.25) is 0 Å². The first-order valence-electron chi connectivity index (χ1n) is 9.47. The third kappa shape index (κ3) is 4.82. The highest BCUT2D eigenvalue weighted by molar-refractivity contribution is 5.87. The number of piperidine rings is 1. The Bertz CT molecular complexity index is 593. The minimum absolute atomic E-state index is 0.115. The van der Waals surface area contributed by atoms with Crippen LogP contribution >= 0.6 is 0 Å². The molecule has 2 aliphatic rings. The first-order valence-corrected chi connectivity index (χ1v) is 9.47. The number of benzene rings is 1. The fraction of sp³-hybridized carbons (Fsp3) is 0.600. The second kappa shape index (κ2) is 8.48. The lowest BCUT2D eigenvalue weighted by molar-refractivity contribution is -0.127. The predicted octanol–water partition coefficient (Wildman–Crippen LogP) is 2.70. The highest BCUT2D eigenvalue weighted by Gasteiger charge is 2.30. The van der Waals surface area contributed by atoms with E-state index in [2.05, 4.69) is 10.2 Å². The van der Waals surface area contributed by atoms with Crippen molar-refractivity contribution in [3.05, 3.63) is 35.4 Å². The molecule has 136 valence electrons. The second-order valence-electron chi connectivity index (χ2n) is 7.32. The largest absolute Gasteiger partial charge is 0.478 e. The molecule has 0 spiro atoms. The zero-order valence-corrected chi connectivity index (χ0v) is 14.7. The van der Waals surface area contributed by atoms with E-state index in [-0.39, 0.29) is 11.8 Å². The smallest absolute Gasteiger partial charge is 0.335 e. The number of carboxylic acids is 1. The summed E-state index contributed by atoms with van der Waals surface area (Å²) < 4.78 is 0. The minimum Gasteiger partial charge on any atom is -0.478 e. The molecule has 2 N–H and O–H groups in total. The van der Waals surface area contributed by atoms with Crippen LogP contribution in [0.4, 0.5) is 0 Å². The van der Waals surface area contributed by atoms with Crippen molar-refractivity contribution in [2.75, 3.05) is 19.6 Å². The SMILES string of the molecule is O=C(O)c1ccc(CCNC(=O)[C@@H]2CCCN(C3CCCC3)C2)cc1. The lowest BCUT2D eigenvalue weighted by atomic mass is 9.95. The Morgan fingerprint density at radius 3 is 2.48 bits per heavy atom. The monoisotopic (exact) mass is 344 g/mol. The van der Waals surface area contributed by atoms with Crippen molar-refractivity contribution in [2.24, 2.45) is 5.92 Å². The van der Waals surface area contributed by atoms with Gasteiger partial charge in [0.2, 0.25) is 5.91 Å². The van der Waals surface area contributed by atoms with Gasteiger partial charge in [-0.05, 0) is 56.3 Å². The van der Waals surface area contributed by atoms with Crippen molar-refractivity contribution < 1.29 is 14.7 Å². The number of carbonyl (C=O) groups excluding carboxylic acids is 1. The standard InChI is InChI=1S/C20H28N2O3/c23-19(17-4-3-13-22(14-17)18-5-1-2-6-18)21-12-11-15-7-9-16(10-8-15)20(24)25/h7-10,17-18H,1-6,11-14H2,(H,21,23)(H,24,25)/t17-/m1/s1. The lowest BCUT2D eigenvalue weighted by Crippen LogP contribution is -2.46. The number of carboxylic acid groups (broad SMARTS) is 1. The summed E-state index contributed by atoms with van der Waals surface area (Å²) in [6.07, 6.45) is 8.08. The van der Waals surface area contributed by atoms with Gasteiger partial charge in [0.25, 0.3) is 0 Å². The summed E-state index contributed by atoms with van der Waals surface area (Å²) in [5, 5.41) is 12.0. The zero-order chi connectivity index (χ0) is 17.6. The van der Waals surface area contributed by atoms with Crippen molar-refractivity contribution in [3.8, 4) is 0 Å². The molecule has 3 rings (SSSR count). The molecule has 1 aromatic rings. The van der Waals surface area contributed by atoms with Gasteiger partial charge >= 0.3 is 5.97 Å². The Kier molecular flexibility index (Phi) is 6.08. The van der Waals surface area contributed by atoms with E-state index in [1.54, 1.807) is 12.1 Å². The van der Waals surface area contributed by atoms with Crippen LogP contribution in [0.15, 0.2) is 24.3 Å². The Hall–Kier alpha value is -1.88. The van der Waals surface area contributed by atoms with Gasteiger partial charge in [-0.3, -0.25) is 9.69 Å². The van der Waals surface area contributed by atoms with Crippen molar-refractivity contribution in [1.29, 1.82) is 0 Å². The van der Waals surface area contributed by atoms with E-state index in [0.717, 1.165) is 37.9 Å². The summed E-state index contributed by atoms with van der Waals surface area (Å²) in [4.78, 5) is 25.9. The Morgan fingerprint density at radius 2 is 1.80 bits per heavy atom. The zero-order valence-electron chi connectivity index (χ0n) is 14.7. The van der Waals surface area contributed by atoms with Gasteiger partial charge in [-0.2, -0.15) is 0 Å². The molecule has 1 saturated carbocycles. The highest BCUT2D eigenvalue weighted by Crippen LogP contribution is 2.27. The van der Waals surface area contributed by atoms with E-state index >= 15 is 0 Å². The van der Waals surface area contributed by atoms with Gasteiger partial charge in [-0.15, -0.1) is 0 Å². The van der Waals surface area contributed by atoms with Crippen LogP contribution in [-0.2, 0) is 11.2 Å². The van der Waals surface area contributed by atoms with Crippen LogP contribution in [0.25, 0.3) is 0 Å². The van der Waals surface area contributed by atoms with Crippen LogP contribution in [-0.4, -0.2) is 47.6 Å². The van der Waals surface area contributed by atoms with Crippen LogP contribution in [0.3, 0.4) is 0 Å². The molecule has 0 aromatic heterocycles. The summed E-state index contributed by atoms with van der Waals surface area (Å²) in [7, 11) is 0. The number of nitrogens with zero attached hydrogens (tertiary/aromatic N) is 1. The molecule has 1 aromatic carbocycles. The maximum atomic E-state index is 12.5. The normalized spacial score (nSPS) is 22.0. The second-order valence-corrected chi connectivity index (χ2v) is 7.32. The molecule has 1 aliphatic heterocycles. The van der Waals surface area contributed by atoms with Gasteiger partial charge in [0.15, 0.2) is 0 Å². The number of hydrogen-bond donors (Lipinski definition) is 2. The Labute approximate surface area is 149 Å². The third-order valence-corrected chi connectivity index (χ3v) is 5.58. The molecule has 1 aliphatic carbocycles. The summed E-state index contributed by atoms with van der Waals surface area (Å²) in [5.41, 5.74) is 1.34. The van der Waals surface area contributed by atoms with E-state index in [9.17, 15) is 9.59 Å². The summed E-state index contributed by atoms with van der Waals surface area (Å²) in [5.74, 6) is -0.627. The number of nitrogens with one attached hydrogen (secondary N) is 1. The third-order valence-electron chi connectivity index (χ3n) is 5.58. The van der Waals surface area contributed by atoms with Crippen molar-refractivity contribution in [3.63, 3.8) is 0 Å². The molecule has 0 radical (unpaired) electrons. The van der Waals surface area contributed by atoms with Gasteiger partial charge in [0.05, 0.1) is 11.5 Å². The number of hydrogen-bond acceptors (Lipinski definition) is 3. The molecular formula is C20H28N2O3. The number of amides is 1. The molecule has 1 atom stereocenters. The van der Waals surface area contributed by atoms with Gasteiger partial charge in [-0.25, -0.2) is 4.79 Å². The molecule has 5 nitrogen and oxygen atoms in total. The first kappa shape index (κ1) is 17.9. The molecular weight excluding hydrogens is 316 g/mol. The number of aromatic carboxylic acids is 1. The summed E-state index contributed by atoms with van der Waals surface area (Å²) >= 11 is 0. The average Bonchev–Trinajstić information content (AvgIpc) is 3.17. The molecule has 1 heterocycles. The molecule has 2 fully saturated rings. The van der Waals surface area contributed by atoms with Crippen LogP contribution < -0.4 is 5.32 Å². The van der Waals surface area contributed by atoms with Gasteiger partial charge in [0, 0.05) is 19.1 Å². The van der Waals surface area contributed by atoms with Gasteiger partial charge in [0.1, 0.15) is 0 Å². The molecule has 0 bridgehead atoms. The highest BCUT2D eigenvalue weighted by atomic mass is 16.4. The van der Waals surface area contributed by atoms with Gasteiger partial charge < -0.3 is 10.4 Å². The fourth-order valence-corrected chi connectivity index (χ4v) is 4.11. The first-order chi connectivity index (χ1) is 12.1. The summed E-state index contributed by atoms with van der Waals surface area (Å²) in [6, 6.07) is 7.55. The topological polar surface area (TPSA) is 69.6 Å². The van der Waals surface area contributed by atoms with Gasteiger partial charge in [-0.1, -0.05) is 25.0 Å². The van der Waals surface area contributed by atoms with Crippen molar-refractivity contribution >= 4 is 11.9 Å². The quantitative estimate of drug-likeness (QED) is 0.832. The Balaban J connectivity index is 1.43. The van der Waals surface area contributed by atoms with Crippen molar-refractivity contribution in [2.45, 2.75) is 51.0 Å². The van der Waals surface area contributed by atoms with E-state index in [1.165, 1.54) is 25.7 Å². The van der Waals surface area contributed by atoms with E-state index in [4.69, 9.17) is 5.11 Å². The summed E-state index contributed by atoms with van der Waals surface area (Å²) in [6.45, 7) is 2.65. The molecule has 1 saturated heterocycles. The Morgan fingerprint density at radius 1 is 1.08 bits per heavy atom.